The first-order chi connectivity index (χ1) is 10.1. The van der Waals surface area contributed by atoms with Crippen molar-refractivity contribution in [1.82, 2.24) is 10.1 Å². The highest BCUT2D eigenvalue weighted by molar-refractivity contribution is 9.10. The second kappa shape index (κ2) is 5.94. The molecular weight excluding hydrogens is 358 g/mol. The fraction of sp³-hybridized carbons (Fsp3) is 0.429. The highest BCUT2D eigenvalue weighted by Crippen LogP contribution is 2.34. The van der Waals surface area contributed by atoms with Crippen LogP contribution in [0.1, 0.15) is 37.4 Å². The fourth-order valence-electron chi connectivity index (χ4n) is 2.48. The lowest BCUT2D eigenvalue weighted by atomic mass is 9.99. The van der Waals surface area contributed by atoms with Crippen molar-refractivity contribution in [3.05, 3.63) is 39.4 Å². The van der Waals surface area contributed by atoms with E-state index in [4.69, 9.17) is 26.6 Å². The predicted octanol–water partition coefficient (Wildman–Crippen LogP) is 3.79. The molecule has 0 spiro atoms. The number of hydrogen-bond acceptors (Lipinski definition) is 5. The summed E-state index contributed by atoms with van der Waals surface area (Å²) in [4.78, 5) is 4.35. The Labute approximate surface area is 135 Å². The second-order valence-electron chi connectivity index (χ2n) is 5.24. The third-order valence-corrected chi connectivity index (χ3v) is 4.44. The Morgan fingerprint density at radius 2 is 2.14 bits per heavy atom. The molecule has 0 amide bonds. The van der Waals surface area contributed by atoms with Gasteiger partial charge in [0, 0.05) is 4.47 Å². The number of nitrogens with zero attached hydrogens (tertiary/aromatic N) is 2. The number of halogens is 2. The Balaban J connectivity index is 1.67. The Hall–Kier alpha value is -1.11. The van der Waals surface area contributed by atoms with Crippen LogP contribution in [-0.2, 0) is 12.1 Å². The van der Waals surface area contributed by atoms with E-state index in [-0.39, 0.29) is 6.61 Å². The molecule has 2 N–H and O–H groups in total. The molecule has 1 aromatic heterocycles. The van der Waals surface area contributed by atoms with Gasteiger partial charge in [0.25, 0.3) is 5.89 Å². The molecule has 0 atom stereocenters. The van der Waals surface area contributed by atoms with E-state index < -0.39 is 5.54 Å². The third kappa shape index (κ3) is 3.22. The normalized spacial score (nSPS) is 17.1. The van der Waals surface area contributed by atoms with Crippen LogP contribution in [0.3, 0.4) is 0 Å². The fourth-order valence-corrected chi connectivity index (χ4v) is 3.20. The molecule has 5 nitrogen and oxygen atoms in total. The summed E-state index contributed by atoms with van der Waals surface area (Å²) in [5.41, 5.74) is 5.84. The Bertz CT molecular complexity index is 641. The maximum atomic E-state index is 6.29. The molecule has 112 valence electrons. The first-order valence-electron chi connectivity index (χ1n) is 6.77. The van der Waals surface area contributed by atoms with Gasteiger partial charge in [0.15, 0.2) is 12.4 Å². The van der Waals surface area contributed by atoms with Gasteiger partial charge in [0.05, 0.1) is 10.6 Å². The molecule has 0 bridgehead atoms. The van der Waals surface area contributed by atoms with Crippen LogP contribution in [0.4, 0.5) is 0 Å². The third-order valence-electron chi connectivity index (χ3n) is 3.65. The van der Waals surface area contributed by atoms with E-state index in [1.54, 1.807) is 12.1 Å². The van der Waals surface area contributed by atoms with Gasteiger partial charge < -0.3 is 15.0 Å². The van der Waals surface area contributed by atoms with E-state index in [0.717, 1.165) is 30.2 Å². The van der Waals surface area contributed by atoms with Crippen molar-refractivity contribution in [2.24, 2.45) is 5.73 Å². The van der Waals surface area contributed by atoms with Crippen molar-refractivity contribution >= 4 is 27.5 Å². The summed E-state index contributed by atoms with van der Waals surface area (Å²) >= 11 is 9.43. The molecule has 1 aliphatic rings. The first kappa shape index (κ1) is 14.8. The zero-order valence-corrected chi connectivity index (χ0v) is 13.7. The van der Waals surface area contributed by atoms with Crippen LogP contribution < -0.4 is 10.5 Å². The number of ether oxygens (including phenoxy) is 1. The molecule has 2 aromatic rings. The molecule has 0 radical (unpaired) electrons. The Morgan fingerprint density at radius 1 is 1.38 bits per heavy atom. The van der Waals surface area contributed by atoms with Gasteiger partial charge in [-0.1, -0.05) is 45.5 Å². The molecule has 1 aliphatic carbocycles. The van der Waals surface area contributed by atoms with Crippen molar-refractivity contribution in [2.45, 2.75) is 37.8 Å². The zero-order chi connectivity index (χ0) is 14.9. The van der Waals surface area contributed by atoms with Crippen molar-refractivity contribution in [2.75, 3.05) is 0 Å². The lowest BCUT2D eigenvalue weighted by Crippen LogP contribution is -2.34. The van der Waals surface area contributed by atoms with Gasteiger partial charge in [0.1, 0.15) is 5.75 Å². The summed E-state index contributed by atoms with van der Waals surface area (Å²) in [7, 11) is 0. The van der Waals surface area contributed by atoms with Gasteiger partial charge in [-0.15, -0.1) is 0 Å². The van der Waals surface area contributed by atoms with Crippen LogP contribution >= 0.6 is 27.5 Å². The number of hydrogen-bond donors (Lipinski definition) is 1. The van der Waals surface area contributed by atoms with Crippen LogP contribution in [0.5, 0.6) is 5.75 Å². The van der Waals surface area contributed by atoms with E-state index in [2.05, 4.69) is 26.1 Å². The van der Waals surface area contributed by atoms with Crippen molar-refractivity contribution in [3.8, 4) is 5.75 Å². The van der Waals surface area contributed by atoms with Gasteiger partial charge >= 0.3 is 0 Å². The monoisotopic (exact) mass is 371 g/mol. The van der Waals surface area contributed by atoms with E-state index in [1.165, 1.54) is 0 Å². The average molecular weight is 373 g/mol. The summed E-state index contributed by atoms with van der Waals surface area (Å²) in [5, 5.41) is 4.51. The average Bonchev–Trinajstić information content (AvgIpc) is 3.08. The van der Waals surface area contributed by atoms with Gasteiger partial charge in [-0.05, 0) is 31.0 Å². The Kier molecular flexibility index (Phi) is 4.19. The zero-order valence-electron chi connectivity index (χ0n) is 11.3. The minimum atomic E-state index is -0.447. The van der Waals surface area contributed by atoms with Crippen LogP contribution in [0.25, 0.3) is 0 Å². The lowest BCUT2D eigenvalue weighted by Gasteiger charge is -2.17. The van der Waals surface area contributed by atoms with Gasteiger partial charge in [-0.25, -0.2) is 0 Å². The topological polar surface area (TPSA) is 74.2 Å². The molecule has 0 saturated heterocycles. The summed E-state index contributed by atoms with van der Waals surface area (Å²) in [5.74, 6) is 1.55. The molecule has 7 heteroatoms. The minimum absolute atomic E-state index is 0.171. The van der Waals surface area contributed by atoms with Gasteiger partial charge in [-0.2, -0.15) is 4.98 Å². The van der Waals surface area contributed by atoms with Crippen molar-refractivity contribution in [3.63, 3.8) is 0 Å². The van der Waals surface area contributed by atoms with Crippen molar-refractivity contribution < 1.29 is 9.26 Å². The van der Waals surface area contributed by atoms with E-state index in [0.29, 0.717) is 22.5 Å². The molecule has 1 heterocycles. The summed E-state index contributed by atoms with van der Waals surface area (Å²) < 4.78 is 11.7. The largest absolute Gasteiger partial charge is 0.482 e. The van der Waals surface area contributed by atoms with Gasteiger partial charge in [0.2, 0.25) is 0 Å². The first-order valence-corrected chi connectivity index (χ1v) is 7.94. The van der Waals surface area contributed by atoms with E-state index in [9.17, 15) is 0 Å². The molecular formula is C14H15BrClN3O2. The summed E-state index contributed by atoms with van der Waals surface area (Å²) in [6, 6.07) is 5.41. The van der Waals surface area contributed by atoms with E-state index in [1.807, 2.05) is 6.07 Å². The smallest absolute Gasteiger partial charge is 0.264 e. The maximum Gasteiger partial charge on any atom is 0.264 e. The SMILES string of the molecule is NC1(c2noc(COc3ccc(Br)cc3Cl)n2)CCCC1. The molecule has 1 fully saturated rings. The number of aromatic nitrogens is 2. The van der Waals surface area contributed by atoms with Crippen molar-refractivity contribution in [1.29, 1.82) is 0 Å². The Morgan fingerprint density at radius 3 is 2.86 bits per heavy atom. The number of rotatable bonds is 4. The molecule has 1 aromatic carbocycles. The summed E-state index contributed by atoms with van der Waals surface area (Å²) in [6.07, 6.45) is 3.99. The molecule has 1 saturated carbocycles. The van der Waals surface area contributed by atoms with Crippen LogP contribution in [-0.4, -0.2) is 10.1 Å². The highest BCUT2D eigenvalue weighted by atomic mass is 79.9. The highest BCUT2D eigenvalue weighted by Gasteiger charge is 2.35. The van der Waals surface area contributed by atoms with Crippen LogP contribution in [0.15, 0.2) is 27.2 Å². The minimum Gasteiger partial charge on any atom is -0.482 e. The van der Waals surface area contributed by atoms with Gasteiger partial charge in [-0.3, -0.25) is 0 Å². The van der Waals surface area contributed by atoms with E-state index >= 15 is 0 Å². The maximum absolute atomic E-state index is 6.29. The summed E-state index contributed by atoms with van der Waals surface area (Å²) in [6.45, 7) is 0.171. The standard InChI is InChI=1S/C14H15BrClN3O2/c15-9-3-4-11(10(16)7-9)20-8-12-18-13(19-21-12)14(17)5-1-2-6-14/h3-4,7H,1-2,5-6,8,17H2. The second-order valence-corrected chi connectivity index (χ2v) is 6.56. The quantitative estimate of drug-likeness (QED) is 0.883. The molecule has 0 unspecified atom stereocenters. The molecule has 21 heavy (non-hydrogen) atoms. The lowest BCUT2D eigenvalue weighted by molar-refractivity contribution is 0.241. The van der Waals surface area contributed by atoms with Crippen LogP contribution in [0, 0.1) is 0 Å². The van der Waals surface area contributed by atoms with Crippen LogP contribution in [0.2, 0.25) is 5.02 Å². The molecule has 3 rings (SSSR count). The number of nitrogens with two attached hydrogens (primary N) is 1. The predicted molar refractivity (Wildman–Crippen MR) is 82.1 cm³/mol. The molecule has 0 aliphatic heterocycles. The number of benzene rings is 1.